The van der Waals surface area contributed by atoms with Gasteiger partial charge in [-0.2, -0.15) is 0 Å². The number of rotatable bonds is 10. The Bertz CT molecular complexity index is 607. The lowest BCUT2D eigenvalue weighted by molar-refractivity contribution is 0.450. The Morgan fingerprint density at radius 2 is 1.12 bits per heavy atom. The summed E-state index contributed by atoms with van der Waals surface area (Å²) in [5.41, 5.74) is 1.85. The first-order valence-corrected chi connectivity index (χ1v) is 9.45. The van der Waals surface area contributed by atoms with Crippen LogP contribution in [0.4, 0.5) is 0 Å². The third-order valence-electron chi connectivity index (χ3n) is 4.44. The number of aryl methyl sites for hydroxylation is 2. The van der Waals surface area contributed by atoms with Crippen molar-refractivity contribution in [3.8, 4) is 23.0 Å². The summed E-state index contributed by atoms with van der Waals surface area (Å²) in [4.78, 5) is 0. The molecule has 2 N–H and O–H groups in total. The van der Waals surface area contributed by atoms with Gasteiger partial charge in [0, 0.05) is 0 Å². The maximum atomic E-state index is 10.0. The smallest absolute Gasteiger partial charge is 0.127 e. The fourth-order valence-corrected chi connectivity index (χ4v) is 2.92. The lowest BCUT2D eigenvalue weighted by Gasteiger charge is -2.11. The van der Waals surface area contributed by atoms with Gasteiger partial charge < -0.3 is 14.9 Å². The van der Waals surface area contributed by atoms with E-state index in [0.29, 0.717) is 11.5 Å². The molecule has 2 aromatic carbocycles. The van der Waals surface area contributed by atoms with Gasteiger partial charge in [-0.1, -0.05) is 39.5 Å². The van der Waals surface area contributed by atoms with Crippen molar-refractivity contribution in [3.63, 3.8) is 0 Å². The molecule has 0 bridgehead atoms. The largest absolute Gasteiger partial charge is 0.508 e. The summed E-state index contributed by atoms with van der Waals surface area (Å²) in [6, 6.07) is 10.8. The molecule has 3 heteroatoms. The van der Waals surface area contributed by atoms with E-state index >= 15 is 0 Å². The van der Waals surface area contributed by atoms with Crippen molar-refractivity contribution in [2.45, 2.75) is 65.2 Å². The number of phenols is 2. The van der Waals surface area contributed by atoms with Crippen LogP contribution in [0.3, 0.4) is 0 Å². The molecule has 0 saturated heterocycles. The van der Waals surface area contributed by atoms with E-state index in [1.54, 1.807) is 24.3 Å². The average molecular weight is 342 g/mol. The van der Waals surface area contributed by atoms with E-state index in [2.05, 4.69) is 13.8 Å². The third-order valence-corrected chi connectivity index (χ3v) is 4.44. The SMILES string of the molecule is CCCCCc1cc(Oc2ccc(O)c(CCCCC)c2)ccc1O. The van der Waals surface area contributed by atoms with Crippen LogP contribution in [0.1, 0.15) is 63.5 Å². The summed E-state index contributed by atoms with van der Waals surface area (Å²) in [5.74, 6) is 2.09. The predicted molar refractivity (Wildman–Crippen MR) is 103 cm³/mol. The Balaban J connectivity index is 2.08. The van der Waals surface area contributed by atoms with E-state index in [9.17, 15) is 10.2 Å². The molecule has 0 amide bonds. The second-order valence-corrected chi connectivity index (χ2v) is 6.60. The average Bonchev–Trinajstić information content (AvgIpc) is 2.61. The van der Waals surface area contributed by atoms with Gasteiger partial charge in [-0.05, 0) is 73.2 Å². The molecule has 0 aliphatic rings. The van der Waals surface area contributed by atoms with Crippen molar-refractivity contribution in [1.29, 1.82) is 0 Å². The van der Waals surface area contributed by atoms with Crippen molar-refractivity contribution in [2.24, 2.45) is 0 Å². The standard InChI is InChI=1S/C22H30O3/c1-3-5-7-9-17-15-19(11-13-21(17)23)25-20-12-14-22(24)18(16-20)10-8-6-4-2/h11-16,23-24H,3-10H2,1-2H3. The van der Waals surface area contributed by atoms with Gasteiger partial charge in [-0.15, -0.1) is 0 Å². The van der Waals surface area contributed by atoms with Crippen LogP contribution in [0.25, 0.3) is 0 Å². The summed E-state index contributed by atoms with van der Waals surface area (Å²) < 4.78 is 5.96. The van der Waals surface area contributed by atoms with E-state index in [1.165, 1.54) is 0 Å². The van der Waals surface area contributed by atoms with Gasteiger partial charge in [0.25, 0.3) is 0 Å². The van der Waals surface area contributed by atoms with Crippen LogP contribution in [-0.2, 0) is 12.8 Å². The van der Waals surface area contributed by atoms with Gasteiger partial charge in [0.2, 0.25) is 0 Å². The zero-order chi connectivity index (χ0) is 18.1. The van der Waals surface area contributed by atoms with Gasteiger partial charge in [-0.25, -0.2) is 0 Å². The zero-order valence-electron chi connectivity index (χ0n) is 15.4. The molecule has 0 aliphatic carbocycles. The lowest BCUT2D eigenvalue weighted by atomic mass is 10.1. The minimum absolute atomic E-state index is 0.328. The van der Waals surface area contributed by atoms with Crippen molar-refractivity contribution in [1.82, 2.24) is 0 Å². The van der Waals surface area contributed by atoms with Crippen molar-refractivity contribution < 1.29 is 14.9 Å². The Kier molecular flexibility index (Phi) is 7.65. The van der Waals surface area contributed by atoms with E-state index in [1.807, 2.05) is 12.1 Å². The molecule has 136 valence electrons. The van der Waals surface area contributed by atoms with E-state index in [-0.39, 0.29) is 0 Å². The molecule has 0 radical (unpaired) electrons. The number of unbranched alkanes of at least 4 members (excludes halogenated alkanes) is 4. The van der Waals surface area contributed by atoms with Gasteiger partial charge >= 0.3 is 0 Å². The minimum atomic E-state index is 0.328. The maximum absolute atomic E-state index is 10.0. The van der Waals surface area contributed by atoms with Crippen LogP contribution >= 0.6 is 0 Å². The molecule has 2 rings (SSSR count). The molecule has 0 heterocycles. The van der Waals surface area contributed by atoms with Crippen molar-refractivity contribution in [3.05, 3.63) is 47.5 Å². The highest BCUT2D eigenvalue weighted by molar-refractivity contribution is 5.44. The molecule has 0 unspecified atom stereocenters. The van der Waals surface area contributed by atoms with Crippen LogP contribution < -0.4 is 4.74 Å². The van der Waals surface area contributed by atoms with Crippen LogP contribution in [-0.4, -0.2) is 10.2 Å². The van der Waals surface area contributed by atoms with Crippen LogP contribution in [0.15, 0.2) is 36.4 Å². The second kappa shape index (κ2) is 9.97. The summed E-state index contributed by atoms with van der Waals surface area (Å²) in [6.45, 7) is 4.34. The molecule has 3 nitrogen and oxygen atoms in total. The summed E-state index contributed by atoms with van der Waals surface area (Å²) in [5, 5.41) is 20.0. The minimum Gasteiger partial charge on any atom is -0.508 e. The predicted octanol–water partition coefficient (Wildman–Crippen LogP) is 6.36. The molecule has 25 heavy (non-hydrogen) atoms. The van der Waals surface area contributed by atoms with Gasteiger partial charge in [-0.3, -0.25) is 0 Å². The van der Waals surface area contributed by atoms with Crippen LogP contribution in [0.5, 0.6) is 23.0 Å². The van der Waals surface area contributed by atoms with Crippen molar-refractivity contribution in [2.75, 3.05) is 0 Å². The second-order valence-electron chi connectivity index (χ2n) is 6.60. The number of ether oxygens (including phenoxy) is 1. The highest BCUT2D eigenvalue weighted by atomic mass is 16.5. The Hall–Kier alpha value is -2.16. The van der Waals surface area contributed by atoms with E-state index in [4.69, 9.17) is 4.74 Å². The van der Waals surface area contributed by atoms with Crippen molar-refractivity contribution >= 4 is 0 Å². The number of benzene rings is 2. The van der Waals surface area contributed by atoms with E-state index < -0.39 is 0 Å². The first kappa shape index (κ1) is 19.2. The lowest BCUT2D eigenvalue weighted by Crippen LogP contribution is -1.92. The normalized spacial score (nSPS) is 10.8. The number of hydrogen-bond donors (Lipinski definition) is 2. The monoisotopic (exact) mass is 342 g/mol. The maximum Gasteiger partial charge on any atom is 0.127 e. The summed E-state index contributed by atoms with van der Waals surface area (Å²) >= 11 is 0. The Morgan fingerprint density at radius 1 is 0.680 bits per heavy atom. The first-order valence-electron chi connectivity index (χ1n) is 9.45. The topological polar surface area (TPSA) is 49.7 Å². The molecule has 0 aromatic heterocycles. The molecule has 0 spiro atoms. The van der Waals surface area contributed by atoms with Crippen LogP contribution in [0.2, 0.25) is 0 Å². The Morgan fingerprint density at radius 3 is 1.52 bits per heavy atom. The number of phenolic OH excluding ortho intramolecular Hbond substituents is 2. The van der Waals surface area contributed by atoms with Gasteiger partial charge in [0.15, 0.2) is 0 Å². The quantitative estimate of drug-likeness (QED) is 0.494. The molecule has 0 fully saturated rings. The molecule has 0 atom stereocenters. The number of hydrogen-bond acceptors (Lipinski definition) is 3. The molecule has 2 aromatic rings. The summed E-state index contributed by atoms with van der Waals surface area (Å²) in [6.07, 6.45) is 8.47. The highest BCUT2D eigenvalue weighted by Gasteiger charge is 2.07. The van der Waals surface area contributed by atoms with Crippen LogP contribution in [0, 0.1) is 0 Å². The first-order chi connectivity index (χ1) is 12.1. The van der Waals surface area contributed by atoms with E-state index in [0.717, 1.165) is 74.0 Å². The molecular weight excluding hydrogens is 312 g/mol. The fraction of sp³-hybridized carbons (Fsp3) is 0.455. The summed E-state index contributed by atoms with van der Waals surface area (Å²) in [7, 11) is 0. The Labute approximate surface area is 151 Å². The molecular formula is C22H30O3. The van der Waals surface area contributed by atoms with Gasteiger partial charge in [0.1, 0.15) is 23.0 Å². The van der Waals surface area contributed by atoms with Gasteiger partial charge in [0.05, 0.1) is 0 Å². The highest BCUT2D eigenvalue weighted by Crippen LogP contribution is 2.31. The fourth-order valence-electron chi connectivity index (χ4n) is 2.92. The third kappa shape index (κ3) is 6.00. The zero-order valence-corrected chi connectivity index (χ0v) is 15.4. The molecule has 0 saturated carbocycles. The number of aromatic hydroxyl groups is 2. The molecule has 0 aliphatic heterocycles.